The van der Waals surface area contributed by atoms with E-state index in [0.717, 1.165) is 17.3 Å². The molecule has 0 spiro atoms. The maximum absolute atomic E-state index is 5.79. The summed E-state index contributed by atoms with van der Waals surface area (Å²) in [5.74, 6) is 0.947. The topological polar surface area (TPSA) is 12.0 Å². The van der Waals surface area contributed by atoms with E-state index >= 15 is 0 Å². The second-order valence-electron chi connectivity index (χ2n) is 3.02. The summed E-state index contributed by atoms with van der Waals surface area (Å²) in [6.45, 7) is 4.84. The molecule has 0 bridgehead atoms. The fourth-order valence-electron chi connectivity index (χ4n) is 1.02. The predicted octanol–water partition coefficient (Wildman–Crippen LogP) is 3.21. The standard InChI is InChI=1S/C11H14ClNS/c1-9(7-13-2)8-14-11-5-3-10(12)4-6-11/h3-6,13H,1,7-8H2,2H3. The molecule has 1 rings (SSSR count). The quantitative estimate of drug-likeness (QED) is 0.613. The molecule has 0 fully saturated rings. The van der Waals surface area contributed by atoms with Crippen molar-refractivity contribution in [3.05, 3.63) is 41.4 Å². The van der Waals surface area contributed by atoms with Gasteiger partial charge in [0.05, 0.1) is 0 Å². The number of likely N-dealkylation sites (N-methyl/N-ethyl adjacent to an activating group) is 1. The van der Waals surface area contributed by atoms with E-state index in [1.165, 1.54) is 10.5 Å². The lowest BCUT2D eigenvalue weighted by molar-refractivity contribution is 0.885. The van der Waals surface area contributed by atoms with Crippen molar-refractivity contribution in [2.45, 2.75) is 4.90 Å². The fraction of sp³-hybridized carbons (Fsp3) is 0.273. The van der Waals surface area contributed by atoms with Gasteiger partial charge in [0.25, 0.3) is 0 Å². The molecule has 1 nitrogen and oxygen atoms in total. The van der Waals surface area contributed by atoms with Crippen LogP contribution in [0.3, 0.4) is 0 Å². The average molecular weight is 228 g/mol. The summed E-state index contributed by atoms with van der Waals surface area (Å²) in [5.41, 5.74) is 1.20. The first kappa shape index (κ1) is 11.6. The van der Waals surface area contributed by atoms with Crippen molar-refractivity contribution in [3.8, 4) is 0 Å². The average Bonchev–Trinajstić information content (AvgIpc) is 2.17. The number of thioether (sulfide) groups is 1. The van der Waals surface area contributed by atoms with E-state index < -0.39 is 0 Å². The first-order chi connectivity index (χ1) is 6.72. The Morgan fingerprint density at radius 1 is 1.43 bits per heavy atom. The lowest BCUT2D eigenvalue weighted by Gasteiger charge is -2.04. The van der Waals surface area contributed by atoms with Gasteiger partial charge in [0.2, 0.25) is 0 Å². The van der Waals surface area contributed by atoms with Crippen molar-refractivity contribution >= 4 is 23.4 Å². The lowest BCUT2D eigenvalue weighted by atomic mass is 10.3. The number of rotatable bonds is 5. The van der Waals surface area contributed by atoms with Gasteiger partial charge in [-0.25, -0.2) is 0 Å². The molecule has 0 saturated carbocycles. The van der Waals surface area contributed by atoms with Gasteiger partial charge in [-0.2, -0.15) is 0 Å². The number of halogens is 1. The minimum absolute atomic E-state index is 0.781. The molecule has 3 heteroatoms. The van der Waals surface area contributed by atoms with E-state index in [1.54, 1.807) is 11.8 Å². The molecule has 0 amide bonds. The van der Waals surface area contributed by atoms with E-state index in [2.05, 4.69) is 11.9 Å². The molecule has 0 atom stereocenters. The minimum atomic E-state index is 0.781. The molecule has 76 valence electrons. The lowest BCUT2D eigenvalue weighted by Crippen LogP contribution is -2.10. The molecule has 0 heterocycles. The van der Waals surface area contributed by atoms with Gasteiger partial charge in [-0.05, 0) is 31.3 Å². The Morgan fingerprint density at radius 2 is 2.07 bits per heavy atom. The molecule has 0 aromatic heterocycles. The summed E-state index contributed by atoms with van der Waals surface area (Å²) in [7, 11) is 1.93. The van der Waals surface area contributed by atoms with Crippen molar-refractivity contribution in [2.75, 3.05) is 19.3 Å². The van der Waals surface area contributed by atoms with Gasteiger partial charge in [0.1, 0.15) is 0 Å². The van der Waals surface area contributed by atoms with E-state index in [-0.39, 0.29) is 0 Å². The van der Waals surface area contributed by atoms with Crippen LogP contribution in [0, 0.1) is 0 Å². The van der Waals surface area contributed by atoms with E-state index in [4.69, 9.17) is 11.6 Å². The number of benzene rings is 1. The highest BCUT2D eigenvalue weighted by Crippen LogP contribution is 2.21. The van der Waals surface area contributed by atoms with Crippen molar-refractivity contribution in [1.82, 2.24) is 5.32 Å². The molecule has 0 aliphatic heterocycles. The van der Waals surface area contributed by atoms with Gasteiger partial charge in [0, 0.05) is 22.2 Å². The third-order valence-electron chi connectivity index (χ3n) is 1.68. The van der Waals surface area contributed by atoms with Crippen molar-refractivity contribution in [3.63, 3.8) is 0 Å². The maximum atomic E-state index is 5.79. The SMILES string of the molecule is C=C(CNC)CSc1ccc(Cl)cc1. The normalized spacial score (nSPS) is 10.1. The predicted molar refractivity (Wildman–Crippen MR) is 65.2 cm³/mol. The zero-order valence-corrected chi connectivity index (χ0v) is 9.79. The fourth-order valence-corrected chi connectivity index (χ4v) is 1.94. The zero-order valence-electron chi connectivity index (χ0n) is 8.22. The summed E-state index contributed by atoms with van der Waals surface area (Å²) < 4.78 is 0. The van der Waals surface area contributed by atoms with Crippen LogP contribution >= 0.6 is 23.4 Å². The summed E-state index contributed by atoms with van der Waals surface area (Å²) >= 11 is 7.57. The maximum Gasteiger partial charge on any atom is 0.0406 e. The second kappa shape index (κ2) is 6.12. The smallest absolute Gasteiger partial charge is 0.0406 e. The van der Waals surface area contributed by atoms with Gasteiger partial charge < -0.3 is 5.32 Å². The van der Waals surface area contributed by atoms with Crippen LogP contribution in [-0.2, 0) is 0 Å². The molecule has 1 aromatic rings. The van der Waals surface area contributed by atoms with Gasteiger partial charge in [-0.3, -0.25) is 0 Å². The Kier molecular flexibility index (Phi) is 5.09. The van der Waals surface area contributed by atoms with Gasteiger partial charge >= 0.3 is 0 Å². The van der Waals surface area contributed by atoms with Crippen LogP contribution in [0.25, 0.3) is 0 Å². The number of hydrogen-bond acceptors (Lipinski definition) is 2. The van der Waals surface area contributed by atoms with Crippen LogP contribution in [0.15, 0.2) is 41.3 Å². The van der Waals surface area contributed by atoms with E-state index in [0.29, 0.717) is 0 Å². The van der Waals surface area contributed by atoms with Crippen molar-refractivity contribution in [2.24, 2.45) is 0 Å². The van der Waals surface area contributed by atoms with Gasteiger partial charge in [-0.15, -0.1) is 11.8 Å². The van der Waals surface area contributed by atoms with Crippen molar-refractivity contribution in [1.29, 1.82) is 0 Å². The third-order valence-corrected chi connectivity index (χ3v) is 3.09. The van der Waals surface area contributed by atoms with Crippen molar-refractivity contribution < 1.29 is 0 Å². The summed E-state index contributed by atoms with van der Waals surface area (Å²) in [6, 6.07) is 7.87. The summed E-state index contributed by atoms with van der Waals surface area (Å²) in [4.78, 5) is 1.23. The highest BCUT2D eigenvalue weighted by molar-refractivity contribution is 7.99. The first-order valence-corrected chi connectivity index (χ1v) is 5.78. The molecule has 0 unspecified atom stereocenters. The van der Waals surface area contributed by atoms with Crippen LogP contribution in [0.1, 0.15) is 0 Å². The van der Waals surface area contributed by atoms with Crippen LogP contribution in [0.4, 0.5) is 0 Å². The molecule has 1 N–H and O–H groups in total. The number of nitrogens with one attached hydrogen (secondary N) is 1. The minimum Gasteiger partial charge on any atom is -0.316 e. The molecule has 0 saturated heterocycles. The van der Waals surface area contributed by atoms with Gasteiger partial charge in [-0.1, -0.05) is 23.8 Å². The second-order valence-corrected chi connectivity index (χ2v) is 4.51. The highest BCUT2D eigenvalue weighted by atomic mass is 35.5. The Morgan fingerprint density at radius 3 is 2.64 bits per heavy atom. The zero-order chi connectivity index (χ0) is 10.4. The van der Waals surface area contributed by atoms with Crippen LogP contribution in [0.5, 0.6) is 0 Å². The van der Waals surface area contributed by atoms with Crippen LogP contribution in [0.2, 0.25) is 5.02 Å². The van der Waals surface area contributed by atoms with Crippen LogP contribution in [-0.4, -0.2) is 19.3 Å². The molecular weight excluding hydrogens is 214 g/mol. The third kappa shape index (κ3) is 4.18. The van der Waals surface area contributed by atoms with E-state index in [9.17, 15) is 0 Å². The summed E-state index contributed by atoms with van der Waals surface area (Å²) in [6.07, 6.45) is 0. The molecule has 0 radical (unpaired) electrons. The monoisotopic (exact) mass is 227 g/mol. The largest absolute Gasteiger partial charge is 0.316 e. The summed E-state index contributed by atoms with van der Waals surface area (Å²) in [5, 5.41) is 3.86. The van der Waals surface area contributed by atoms with Crippen LogP contribution < -0.4 is 5.32 Å². The Labute approximate surface area is 94.5 Å². The Balaban J connectivity index is 2.38. The highest BCUT2D eigenvalue weighted by Gasteiger charge is 1.96. The molecular formula is C11H14ClNS. The Bertz CT molecular complexity index is 295. The van der Waals surface area contributed by atoms with Gasteiger partial charge in [0.15, 0.2) is 0 Å². The Hall–Kier alpha value is -0.440. The molecule has 0 aliphatic carbocycles. The molecule has 0 aliphatic rings. The molecule has 1 aromatic carbocycles. The number of hydrogen-bond donors (Lipinski definition) is 1. The van der Waals surface area contributed by atoms with E-state index in [1.807, 2.05) is 31.3 Å². The first-order valence-electron chi connectivity index (χ1n) is 4.42. The molecule has 14 heavy (non-hydrogen) atoms.